The number of hydrogen-bond acceptors (Lipinski definition) is 2. The van der Waals surface area contributed by atoms with Crippen LogP contribution in [0.3, 0.4) is 0 Å². The molecule has 1 amide bonds. The second kappa shape index (κ2) is 6.86. The summed E-state index contributed by atoms with van der Waals surface area (Å²) < 4.78 is 1.05. The molecule has 0 aliphatic rings. The molecule has 106 valence electrons. The molecule has 0 aliphatic carbocycles. The molecule has 4 heteroatoms. The quantitative estimate of drug-likeness (QED) is 0.870. The van der Waals surface area contributed by atoms with Gasteiger partial charge in [-0.15, -0.1) is 0 Å². The summed E-state index contributed by atoms with van der Waals surface area (Å²) in [5.74, 6) is 0.0362. The van der Waals surface area contributed by atoms with Crippen molar-refractivity contribution in [1.82, 2.24) is 0 Å². The summed E-state index contributed by atoms with van der Waals surface area (Å²) in [7, 11) is 0. The molecule has 2 aromatic carbocycles. The first-order valence-electron chi connectivity index (χ1n) is 6.80. The summed E-state index contributed by atoms with van der Waals surface area (Å²) >= 11 is 3.45. The summed E-state index contributed by atoms with van der Waals surface area (Å²) in [5.41, 5.74) is 6.31. The van der Waals surface area contributed by atoms with Crippen LogP contribution in [0.5, 0.6) is 0 Å². The zero-order valence-electron chi connectivity index (χ0n) is 11.5. The van der Waals surface area contributed by atoms with Crippen LogP contribution < -0.4 is 11.1 Å². The van der Waals surface area contributed by atoms with E-state index in [2.05, 4.69) is 27.3 Å². The normalized spacial score (nSPS) is 12.3. The molecular weight excluding hydrogens is 316 g/mol. The lowest BCUT2D eigenvalue weighted by atomic mass is 10.0. The second-order valence-corrected chi connectivity index (χ2v) is 5.94. The highest BCUT2D eigenvalue weighted by molar-refractivity contribution is 9.10. The van der Waals surface area contributed by atoms with Crippen LogP contribution in [-0.2, 0) is 4.79 Å². The Morgan fingerprint density at radius 1 is 1.25 bits per heavy atom. The van der Waals surface area contributed by atoms with Gasteiger partial charge in [-0.1, -0.05) is 35.0 Å². The van der Waals surface area contributed by atoms with Gasteiger partial charge in [0.05, 0.1) is 0 Å². The van der Waals surface area contributed by atoms with Gasteiger partial charge >= 0.3 is 0 Å². The number of carbonyl (C=O) groups excluding carboxylic acids is 1. The Balaban J connectivity index is 2.09. The van der Waals surface area contributed by atoms with Gasteiger partial charge in [-0.3, -0.25) is 4.79 Å². The van der Waals surface area contributed by atoms with Crippen LogP contribution in [0.25, 0.3) is 10.8 Å². The zero-order chi connectivity index (χ0) is 14.5. The lowest BCUT2D eigenvalue weighted by Gasteiger charge is -2.12. The van der Waals surface area contributed by atoms with Gasteiger partial charge in [0.15, 0.2) is 0 Å². The van der Waals surface area contributed by atoms with Crippen LogP contribution in [-0.4, -0.2) is 12.5 Å². The van der Waals surface area contributed by atoms with Crippen LogP contribution in [0.15, 0.2) is 40.9 Å². The first-order chi connectivity index (χ1) is 9.60. The number of benzene rings is 2. The molecule has 3 N–H and O–H groups in total. The van der Waals surface area contributed by atoms with Crippen LogP contribution in [0.4, 0.5) is 5.69 Å². The molecule has 2 aromatic rings. The van der Waals surface area contributed by atoms with E-state index in [-0.39, 0.29) is 11.8 Å². The number of nitrogens with two attached hydrogens (primary N) is 1. The van der Waals surface area contributed by atoms with Crippen LogP contribution in [0.2, 0.25) is 0 Å². The third-order valence-corrected chi connectivity index (χ3v) is 3.85. The predicted octanol–water partition coefficient (Wildman–Crippen LogP) is 3.92. The molecule has 0 saturated heterocycles. The fourth-order valence-electron chi connectivity index (χ4n) is 2.11. The van der Waals surface area contributed by atoms with Gasteiger partial charge in [0.25, 0.3) is 0 Å². The second-order valence-electron chi connectivity index (χ2n) is 5.03. The number of halogens is 1. The lowest BCUT2D eigenvalue weighted by Crippen LogP contribution is -2.21. The van der Waals surface area contributed by atoms with E-state index in [0.717, 1.165) is 33.8 Å². The third-order valence-electron chi connectivity index (χ3n) is 3.36. The maximum atomic E-state index is 12.0. The molecule has 0 spiro atoms. The largest absolute Gasteiger partial charge is 0.330 e. The summed E-state index contributed by atoms with van der Waals surface area (Å²) in [6.07, 6.45) is 1.70. The van der Waals surface area contributed by atoms with E-state index in [0.29, 0.717) is 6.54 Å². The first-order valence-corrected chi connectivity index (χ1v) is 7.59. The Kier molecular flexibility index (Phi) is 5.15. The van der Waals surface area contributed by atoms with Crippen molar-refractivity contribution in [3.63, 3.8) is 0 Å². The Morgan fingerprint density at radius 2 is 1.95 bits per heavy atom. The summed E-state index contributed by atoms with van der Waals surface area (Å²) in [5, 5.41) is 5.22. The highest BCUT2D eigenvalue weighted by atomic mass is 79.9. The molecular formula is C16H19BrN2O. The first kappa shape index (κ1) is 15.0. The molecule has 0 bridgehead atoms. The fraction of sp³-hybridized carbons (Fsp3) is 0.312. The molecule has 0 aromatic heterocycles. The molecule has 20 heavy (non-hydrogen) atoms. The number of amides is 1. The van der Waals surface area contributed by atoms with Gasteiger partial charge in [-0.25, -0.2) is 0 Å². The summed E-state index contributed by atoms with van der Waals surface area (Å²) in [6, 6.07) is 12.0. The van der Waals surface area contributed by atoms with Crippen molar-refractivity contribution in [1.29, 1.82) is 0 Å². The molecule has 0 radical (unpaired) electrons. The maximum absolute atomic E-state index is 12.0. The van der Waals surface area contributed by atoms with Crippen LogP contribution >= 0.6 is 15.9 Å². The molecule has 0 saturated carbocycles. The SMILES string of the molecule is CC(CCCN)C(=O)Nc1ccc2cc(Br)ccc2c1. The highest BCUT2D eigenvalue weighted by Gasteiger charge is 2.12. The average Bonchev–Trinajstić information content (AvgIpc) is 2.44. The minimum absolute atomic E-state index is 0.0147. The Labute approximate surface area is 127 Å². The Hall–Kier alpha value is -1.39. The van der Waals surface area contributed by atoms with E-state index in [4.69, 9.17) is 5.73 Å². The number of nitrogens with one attached hydrogen (secondary N) is 1. The standard InChI is InChI=1S/C16H19BrN2O/c1-11(3-2-8-18)16(20)19-15-7-5-12-9-14(17)6-4-13(12)10-15/h4-7,9-11H,2-3,8,18H2,1H3,(H,19,20). The molecule has 3 nitrogen and oxygen atoms in total. The minimum atomic E-state index is -0.0147. The molecule has 1 unspecified atom stereocenters. The summed E-state index contributed by atoms with van der Waals surface area (Å²) in [4.78, 5) is 12.0. The van der Waals surface area contributed by atoms with E-state index >= 15 is 0 Å². The van der Waals surface area contributed by atoms with Crippen molar-refractivity contribution in [2.45, 2.75) is 19.8 Å². The van der Waals surface area contributed by atoms with Crippen molar-refractivity contribution < 1.29 is 4.79 Å². The molecule has 2 rings (SSSR count). The number of rotatable bonds is 5. The molecule has 0 fully saturated rings. The topological polar surface area (TPSA) is 55.1 Å². The van der Waals surface area contributed by atoms with E-state index in [1.807, 2.05) is 37.3 Å². The zero-order valence-corrected chi connectivity index (χ0v) is 13.1. The van der Waals surface area contributed by atoms with Gasteiger partial charge in [-0.05, 0) is 54.4 Å². The lowest BCUT2D eigenvalue weighted by molar-refractivity contribution is -0.119. The number of hydrogen-bond donors (Lipinski definition) is 2. The fourth-order valence-corrected chi connectivity index (χ4v) is 2.49. The number of carbonyl (C=O) groups is 1. The van der Waals surface area contributed by atoms with Crippen molar-refractivity contribution in [3.8, 4) is 0 Å². The maximum Gasteiger partial charge on any atom is 0.227 e. The number of fused-ring (bicyclic) bond motifs is 1. The summed E-state index contributed by atoms with van der Waals surface area (Å²) in [6.45, 7) is 2.56. The Morgan fingerprint density at radius 3 is 2.70 bits per heavy atom. The van der Waals surface area contributed by atoms with Gasteiger partial charge in [0.2, 0.25) is 5.91 Å². The van der Waals surface area contributed by atoms with E-state index in [9.17, 15) is 4.79 Å². The van der Waals surface area contributed by atoms with Gasteiger partial charge < -0.3 is 11.1 Å². The smallest absolute Gasteiger partial charge is 0.227 e. The van der Waals surface area contributed by atoms with Crippen molar-refractivity contribution >= 4 is 38.3 Å². The minimum Gasteiger partial charge on any atom is -0.330 e. The van der Waals surface area contributed by atoms with Gasteiger partial charge in [0, 0.05) is 16.1 Å². The van der Waals surface area contributed by atoms with Crippen molar-refractivity contribution in [2.75, 3.05) is 11.9 Å². The van der Waals surface area contributed by atoms with Crippen molar-refractivity contribution in [3.05, 3.63) is 40.9 Å². The Bertz CT molecular complexity index is 612. The van der Waals surface area contributed by atoms with Gasteiger partial charge in [-0.2, -0.15) is 0 Å². The monoisotopic (exact) mass is 334 g/mol. The molecule has 0 heterocycles. The third kappa shape index (κ3) is 3.81. The molecule has 0 aliphatic heterocycles. The van der Waals surface area contributed by atoms with Gasteiger partial charge in [0.1, 0.15) is 0 Å². The number of anilines is 1. The molecule has 1 atom stereocenters. The van der Waals surface area contributed by atoms with E-state index < -0.39 is 0 Å². The van der Waals surface area contributed by atoms with Crippen LogP contribution in [0, 0.1) is 5.92 Å². The van der Waals surface area contributed by atoms with Crippen molar-refractivity contribution in [2.24, 2.45) is 11.7 Å². The van der Waals surface area contributed by atoms with Crippen LogP contribution in [0.1, 0.15) is 19.8 Å². The average molecular weight is 335 g/mol. The highest BCUT2D eigenvalue weighted by Crippen LogP contribution is 2.23. The van der Waals surface area contributed by atoms with E-state index in [1.165, 1.54) is 0 Å². The van der Waals surface area contributed by atoms with E-state index in [1.54, 1.807) is 0 Å². The predicted molar refractivity (Wildman–Crippen MR) is 87.7 cm³/mol.